The second kappa shape index (κ2) is 18.5. The van der Waals surface area contributed by atoms with Crippen molar-refractivity contribution in [3.8, 4) is 0 Å². The average molecular weight is 996 g/mol. The summed E-state index contributed by atoms with van der Waals surface area (Å²) in [4.78, 5) is 0. The average Bonchev–Trinajstić information content (AvgIpc) is 3.82. The SMILES string of the molecule is CC(C)(C)C1=CCC(C2(C)C=CC(C)(C)C3[CH-]CCC32)=C1.CCC1(CC)C=CC2CC[CH-]C2C1(C)CCCC(C)C1=CC=CC1.[CH3-].[CH3-].[Hf].[Hf]. The number of rotatable bonds is 8. The monoisotopic (exact) mass is 998 g/mol. The number of hydrogen-bond donors (Lipinski definition) is 0. The van der Waals surface area contributed by atoms with Gasteiger partial charge < -0.3 is 27.7 Å². The molecule has 6 rings (SSSR count). The van der Waals surface area contributed by atoms with Crippen molar-refractivity contribution in [2.24, 2.45) is 56.7 Å². The van der Waals surface area contributed by atoms with Crippen LogP contribution in [0.4, 0.5) is 0 Å². The standard InChI is InChI=1S/C24H37.C21H31.2CH3.2Hf/c1-5-24(6-2)18-16-21-14-9-15-22(21)23(24,4)17-10-11-19(3)20-12-7-8-13-20;1-19(2,3)15-10-11-16(14-15)21(6)13-12-20(4,5)17-8-7-9-18(17)21;;;;/h7-8,12,15-16,18-19,21-22H,5-6,9-11,13-14,17H2,1-4H3;8,10,12-14,17-18H,7,9,11H2,1-6H3;2*1H3;;/q4*-1;;. The van der Waals surface area contributed by atoms with Gasteiger partial charge in [0.25, 0.3) is 0 Å². The van der Waals surface area contributed by atoms with Crippen LogP contribution in [-0.2, 0) is 51.7 Å². The molecule has 0 spiro atoms. The van der Waals surface area contributed by atoms with Gasteiger partial charge in [-0.2, -0.15) is 24.7 Å². The van der Waals surface area contributed by atoms with Crippen molar-refractivity contribution in [1.29, 1.82) is 0 Å². The Morgan fingerprint density at radius 2 is 1.53 bits per heavy atom. The van der Waals surface area contributed by atoms with E-state index in [-0.39, 0.29) is 77.4 Å². The van der Waals surface area contributed by atoms with Crippen LogP contribution in [0, 0.1) is 84.4 Å². The van der Waals surface area contributed by atoms with Gasteiger partial charge in [-0.3, -0.25) is 0 Å². The van der Waals surface area contributed by atoms with E-state index in [1.807, 2.05) is 0 Å². The van der Waals surface area contributed by atoms with Gasteiger partial charge in [0, 0.05) is 57.1 Å². The van der Waals surface area contributed by atoms with E-state index in [0.29, 0.717) is 16.2 Å². The van der Waals surface area contributed by atoms with Crippen LogP contribution in [0.3, 0.4) is 0 Å². The summed E-state index contributed by atoms with van der Waals surface area (Å²) in [6, 6.07) is 0. The van der Waals surface area contributed by atoms with E-state index in [1.54, 1.807) is 11.1 Å². The molecule has 0 radical (unpaired) electrons. The Balaban J connectivity index is 0.000000456. The van der Waals surface area contributed by atoms with Gasteiger partial charge in [0.2, 0.25) is 0 Å². The van der Waals surface area contributed by atoms with Gasteiger partial charge in [0.05, 0.1) is 0 Å². The molecule has 7 atom stereocenters. The van der Waals surface area contributed by atoms with Crippen molar-refractivity contribution in [2.45, 2.75) is 140 Å². The number of allylic oxidation sites excluding steroid dienone is 12. The molecule has 0 aromatic carbocycles. The first kappa shape index (κ1) is 47.2. The molecule has 49 heavy (non-hydrogen) atoms. The maximum atomic E-state index is 2.68. The third-order valence-corrected chi connectivity index (χ3v) is 14.2. The second-order valence-electron chi connectivity index (χ2n) is 18.0. The molecular formula is C47H74Hf2-4. The smallest absolute Gasteiger partial charge is 0.00747 e. The molecule has 0 heterocycles. The molecule has 6 aliphatic carbocycles. The van der Waals surface area contributed by atoms with Crippen molar-refractivity contribution in [3.63, 3.8) is 0 Å². The van der Waals surface area contributed by atoms with Crippen molar-refractivity contribution in [3.05, 3.63) is 99.1 Å². The van der Waals surface area contributed by atoms with Crippen molar-refractivity contribution >= 4 is 0 Å². The summed E-state index contributed by atoms with van der Waals surface area (Å²) in [5.41, 5.74) is 6.54. The van der Waals surface area contributed by atoms with Crippen LogP contribution in [0.2, 0.25) is 0 Å². The molecule has 7 unspecified atom stereocenters. The molecule has 0 aromatic rings. The van der Waals surface area contributed by atoms with Crippen LogP contribution in [0.5, 0.6) is 0 Å². The summed E-state index contributed by atoms with van der Waals surface area (Å²) in [7, 11) is 0. The van der Waals surface area contributed by atoms with Crippen molar-refractivity contribution < 1.29 is 51.7 Å². The summed E-state index contributed by atoms with van der Waals surface area (Å²) >= 11 is 0. The van der Waals surface area contributed by atoms with Crippen LogP contribution in [0.1, 0.15) is 140 Å². The molecule has 2 fully saturated rings. The molecule has 0 N–H and O–H groups in total. The molecule has 6 aliphatic rings. The van der Waals surface area contributed by atoms with Crippen LogP contribution in [-0.4, -0.2) is 0 Å². The quantitative estimate of drug-likeness (QED) is 0.129. The Kier molecular flexibility index (Phi) is 17.8. The molecule has 274 valence electrons. The van der Waals surface area contributed by atoms with E-state index in [1.165, 1.54) is 69.8 Å². The van der Waals surface area contributed by atoms with Crippen LogP contribution in [0.15, 0.2) is 71.4 Å². The Labute approximate surface area is 344 Å². The third kappa shape index (κ3) is 9.29. The second-order valence-corrected chi connectivity index (χ2v) is 18.0. The molecule has 0 aromatic heterocycles. The van der Waals surface area contributed by atoms with Crippen molar-refractivity contribution in [2.75, 3.05) is 0 Å². The minimum absolute atomic E-state index is 0. The topological polar surface area (TPSA) is 0 Å². The molecule has 0 saturated heterocycles. The first-order valence-corrected chi connectivity index (χ1v) is 19.0. The minimum atomic E-state index is 0. The summed E-state index contributed by atoms with van der Waals surface area (Å²) in [6.07, 6.45) is 41.8. The molecule has 0 nitrogen and oxygen atoms in total. The third-order valence-electron chi connectivity index (χ3n) is 14.2. The summed E-state index contributed by atoms with van der Waals surface area (Å²) in [6.45, 7) is 24.2. The van der Waals surface area contributed by atoms with Crippen LogP contribution < -0.4 is 0 Å². The Morgan fingerprint density at radius 3 is 2.12 bits per heavy atom. The fraction of sp³-hybridized carbons (Fsp3) is 0.660. The molecule has 2 heteroatoms. The molecule has 0 bridgehead atoms. The normalized spacial score (nSPS) is 33.6. The molecule has 2 saturated carbocycles. The fourth-order valence-corrected chi connectivity index (χ4v) is 10.8. The zero-order valence-electron chi connectivity index (χ0n) is 34.0. The van der Waals surface area contributed by atoms with E-state index in [9.17, 15) is 0 Å². The predicted octanol–water partition coefficient (Wildman–Crippen LogP) is 14.3. The van der Waals surface area contributed by atoms with Gasteiger partial charge in [-0.1, -0.05) is 160 Å². The van der Waals surface area contributed by atoms with E-state index in [4.69, 9.17) is 0 Å². The summed E-state index contributed by atoms with van der Waals surface area (Å²) in [5.74, 6) is 3.91. The van der Waals surface area contributed by atoms with Crippen molar-refractivity contribution in [1.82, 2.24) is 0 Å². The predicted molar refractivity (Wildman–Crippen MR) is 210 cm³/mol. The first-order valence-electron chi connectivity index (χ1n) is 19.0. The van der Waals surface area contributed by atoms with E-state index < -0.39 is 0 Å². The van der Waals surface area contributed by atoms with E-state index >= 15 is 0 Å². The Hall–Kier alpha value is 0.180. The van der Waals surface area contributed by atoms with Crippen LogP contribution >= 0.6 is 0 Å². The first-order chi connectivity index (χ1) is 21.2. The van der Waals surface area contributed by atoms with Gasteiger partial charge in [-0.15, -0.1) is 0 Å². The molecule has 0 aliphatic heterocycles. The zero-order valence-corrected chi connectivity index (χ0v) is 41.2. The fourth-order valence-electron chi connectivity index (χ4n) is 10.8. The summed E-state index contributed by atoms with van der Waals surface area (Å²) in [5, 5.41) is 0. The molecule has 0 amide bonds. The minimum Gasteiger partial charge on any atom is -0.358 e. The van der Waals surface area contributed by atoms with Gasteiger partial charge in [-0.05, 0) is 77.6 Å². The van der Waals surface area contributed by atoms with Crippen LogP contribution in [0.25, 0.3) is 0 Å². The maximum absolute atomic E-state index is 2.68. The van der Waals surface area contributed by atoms with E-state index in [2.05, 4.69) is 137 Å². The largest absolute Gasteiger partial charge is 0.358 e. The number of hydrogen-bond acceptors (Lipinski definition) is 0. The van der Waals surface area contributed by atoms with Gasteiger partial charge in [-0.25, -0.2) is 0 Å². The van der Waals surface area contributed by atoms with E-state index in [0.717, 1.165) is 36.0 Å². The van der Waals surface area contributed by atoms with Gasteiger partial charge in [0.15, 0.2) is 0 Å². The Bertz CT molecular complexity index is 1240. The molecular weight excluding hydrogens is 921 g/mol. The maximum Gasteiger partial charge on any atom is 0.00747 e. The van der Waals surface area contributed by atoms with Gasteiger partial charge >= 0.3 is 0 Å². The number of fused-ring (bicyclic) bond motifs is 2. The van der Waals surface area contributed by atoms with Gasteiger partial charge in [0.1, 0.15) is 0 Å². The Morgan fingerprint density at radius 1 is 0.878 bits per heavy atom. The zero-order chi connectivity index (χ0) is 32.7. The summed E-state index contributed by atoms with van der Waals surface area (Å²) < 4.78 is 0.